The molecule has 1 aliphatic heterocycles. The van der Waals surface area contributed by atoms with Gasteiger partial charge in [0.05, 0.1) is 11.1 Å². The maximum atomic E-state index is 14.8. The van der Waals surface area contributed by atoms with Crippen molar-refractivity contribution in [1.82, 2.24) is 4.98 Å². The molecule has 1 aromatic heterocycles. The van der Waals surface area contributed by atoms with E-state index in [9.17, 15) is 4.39 Å². The van der Waals surface area contributed by atoms with Crippen LogP contribution in [-0.2, 0) is 5.54 Å². The van der Waals surface area contributed by atoms with Crippen LogP contribution in [-0.4, -0.2) is 15.9 Å². The zero-order valence-corrected chi connectivity index (χ0v) is 15.4. The van der Waals surface area contributed by atoms with Crippen molar-refractivity contribution < 1.29 is 4.39 Å². The number of fused-ring (bicyclic) bond motifs is 1. The van der Waals surface area contributed by atoms with E-state index in [0.29, 0.717) is 33.5 Å². The maximum Gasteiger partial charge on any atom is 0.154 e. The van der Waals surface area contributed by atoms with Crippen LogP contribution in [0.3, 0.4) is 0 Å². The van der Waals surface area contributed by atoms with E-state index in [0.717, 1.165) is 25.0 Å². The molecule has 2 N–H and O–H groups in total. The van der Waals surface area contributed by atoms with Crippen LogP contribution >= 0.6 is 11.8 Å². The van der Waals surface area contributed by atoms with Gasteiger partial charge in [-0.15, -0.1) is 0 Å². The fourth-order valence-electron chi connectivity index (χ4n) is 3.86. The van der Waals surface area contributed by atoms with Crippen LogP contribution in [0.25, 0.3) is 0 Å². The Hall–Kier alpha value is -2.83. The summed E-state index contributed by atoms with van der Waals surface area (Å²) in [6.07, 6.45) is 4.35. The Kier molecular flexibility index (Phi) is 4.59. The van der Waals surface area contributed by atoms with Gasteiger partial charge in [0.25, 0.3) is 0 Å². The van der Waals surface area contributed by atoms with Crippen molar-refractivity contribution in [1.29, 1.82) is 5.26 Å². The van der Waals surface area contributed by atoms with E-state index in [1.165, 1.54) is 12.3 Å². The van der Waals surface area contributed by atoms with Crippen LogP contribution in [0.2, 0.25) is 0 Å². The van der Waals surface area contributed by atoms with E-state index < -0.39 is 5.54 Å². The second-order valence-corrected chi connectivity index (χ2v) is 7.80. The van der Waals surface area contributed by atoms with Gasteiger partial charge in [0, 0.05) is 23.1 Å². The molecule has 2 aliphatic rings. The van der Waals surface area contributed by atoms with Crippen molar-refractivity contribution >= 4 is 16.9 Å². The van der Waals surface area contributed by atoms with Crippen molar-refractivity contribution in [3.8, 4) is 17.9 Å². The Morgan fingerprint density at radius 2 is 2.07 bits per heavy atom. The fourth-order valence-corrected chi connectivity index (χ4v) is 4.91. The average molecular weight is 376 g/mol. The van der Waals surface area contributed by atoms with Crippen molar-refractivity contribution in [2.75, 3.05) is 5.75 Å². The predicted octanol–water partition coefficient (Wildman–Crippen LogP) is 3.55. The monoisotopic (exact) mass is 376 g/mol. The second-order valence-electron chi connectivity index (χ2n) is 6.76. The molecule has 1 fully saturated rings. The Morgan fingerprint density at radius 3 is 2.85 bits per heavy atom. The normalized spacial score (nSPS) is 23.6. The largest absolute Gasteiger partial charge is 0.379 e. The molecule has 1 saturated carbocycles. The standard InChI is InChI=1S/C21H17FN4S/c22-19-8-5-14(3-6-17-7-4-15(11-23)12-25-17)10-18(19)21-9-1-2-16(21)13-27-20(24)26-21/h4-5,7-8,10,12,16H,1-2,9,13H2,(H2,24,26)/t16?,21-/m0/s1. The van der Waals surface area contributed by atoms with Gasteiger partial charge in [-0.1, -0.05) is 24.1 Å². The molecule has 1 unspecified atom stereocenters. The number of hydrogen-bond donors (Lipinski definition) is 1. The van der Waals surface area contributed by atoms with Gasteiger partial charge in [-0.25, -0.2) is 9.37 Å². The van der Waals surface area contributed by atoms with Gasteiger partial charge in [-0.2, -0.15) is 5.26 Å². The predicted molar refractivity (Wildman–Crippen MR) is 104 cm³/mol. The van der Waals surface area contributed by atoms with Gasteiger partial charge in [0.2, 0.25) is 0 Å². The summed E-state index contributed by atoms with van der Waals surface area (Å²) in [4.78, 5) is 8.86. The molecule has 0 bridgehead atoms. The number of nitriles is 1. The molecule has 2 aromatic rings. The second kappa shape index (κ2) is 7.06. The van der Waals surface area contributed by atoms with E-state index in [1.54, 1.807) is 36.0 Å². The van der Waals surface area contributed by atoms with Crippen LogP contribution in [0.4, 0.5) is 4.39 Å². The van der Waals surface area contributed by atoms with Crippen LogP contribution in [0.1, 0.15) is 41.6 Å². The SMILES string of the molecule is N#Cc1ccc(C#Cc2ccc(F)c([C@]34CCCC3CSC(N)=N4)c2)nc1. The molecule has 27 heavy (non-hydrogen) atoms. The first kappa shape index (κ1) is 17.6. The molecular weight excluding hydrogens is 359 g/mol. The number of pyridine rings is 1. The minimum Gasteiger partial charge on any atom is -0.379 e. The molecule has 0 spiro atoms. The summed E-state index contributed by atoms with van der Waals surface area (Å²) in [5.41, 5.74) is 7.78. The molecule has 6 heteroatoms. The van der Waals surface area contributed by atoms with Gasteiger partial charge < -0.3 is 5.73 Å². The number of aliphatic imine (C=N–C) groups is 1. The summed E-state index contributed by atoms with van der Waals surface area (Å²) >= 11 is 1.55. The quantitative estimate of drug-likeness (QED) is 0.773. The lowest BCUT2D eigenvalue weighted by Gasteiger charge is -2.36. The Labute approximate surface area is 161 Å². The summed E-state index contributed by atoms with van der Waals surface area (Å²) in [7, 11) is 0. The van der Waals surface area contributed by atoms with E-state index in [4.69, 9.17) is 16.0 Å². The van der Waals surface area contributed by atoms with Crippen molar-refractivity contribution in [3.63, 3.8) is 0 Å². The lowest BCUT2D eigenvalue weighted by atomic mass is 9.80. The third kappa shape index (κ3) is 3.29. The average Bonchev–Trinajstić information content (AvgIpc) is 3.11. The molecule has 2 atom stereocenters. The van der Waals surface area contributed by atoms with Gasteiger partial charge >= 0.3 is 0 Å². The number of nitrogens with two attached hydrogens (primary N) is 1. The minimum absolute atomic E-state index is 0.257. The highest BCUT2D eigenvalue weighted by atomic mass is 32.2. The molecule has 2 heterocycles. The van der Waals surface area contributed by atoms with Gasteiger partial charge in [0.1, 0.15) is 17.6 Å². The first-order chi connectivity index (χ1) is 13.1. The van der Waals surface area contributed by atoms with Crippen LogP contribution in [0.5, 0.6) is 0 Å². The summed E-state index contributed by atoms with van der Waals surface area (Å²) in [5.74, 6) is 6.93. The molecule has 4 rings (SSSR count). The number of hydrogen-bond acceptors (Lipinski definition) is 5. The number of benzene rings is 1. The summed E-state index contributed by atoms with van der Waals surface area (Å²) in [6, 6.07) is 10.3. The molecule has 0 radical (unpaired) electrons. The number of thioether (sulfide) groups is 1. The van der Waals surface area contributed by atoms with Gasteiger partial charge in [-0.3, -0.25) is 4.99 Å². The fraction of sp³-hybridized carbons (Fsp3) is 0.286. The lowest BCUT2D eigenvalue weighted by molar-refractivity contribution is 0.341. The summed E-state index contributed by atoms with van der Waals surface area (Å²) < 4.78 is 14.8. The van der Waals surface area contributed by atoms with Gasteiger partial charge in [0.15, 0.2) is 5.17 Å². The number of rotatable bonds is 1. The third-order valence-electron chi connectivity index (χ3n) is 5.19. The molecule has 134 valence electrons. The van der Waals surface area contributed by atoms with E-state index in [2.05, 4.69) is 16.8 Å². The zero-order valence-electron chi connectivity index (χ0n) is 14.6. The Balaban J connectivity index is 1.71. The van der Waals surface area contributed by atoms with Crippen LogP contribution in [0.15, 0.2) is 41.5 Å². The molecule has 1 aromatic carbocycles. The van der Waals surface area contributed by atoms with E-state index in [-0.39, 0.29) is 5.82 Å². The van der Waals surface area contributed by atoms with Gasteiger partial charge in [-0.05, 0) is 55.0 Å². The summed E-state index contributed by atoms with van der Waals surface area (Å²) in [6.45, 7) is 0. The summed E-state index contributed by atoms with van der Waals surface area (Å²) in [5, 5.41) is 9.36. The maximum absolute atomic E-state index is 14.8. The highest BCUT2D eigenvalue weighted by molar-refractivity contribution is 8.13. The van der Waals surface area contributed by atoms with E-state index in [1.807, 2.05) is 6.07 Å². The zero-order chi connectivity index (χ0) is 18.9. The molecule has 1 aliphatic carbocycles. The Bertz CT molecular complexity index is 1010. The highest BCUT2D eigenvalue weighted by Gasteiger charge is 2.47. The number of halogens is 1. The number of amidine groups is 1. The first-order valence-corrected chi connectivity index (χ1v) is 9.75. The van der Waals surface area contributed by atoms with E-state index >= 15 is 0 Å². The van der Waals surface area contributed by atoms with Crippen LogP contribution in [0, 0.1) is 34.9 Å². The Morgan fingerprint density at radius 1 is 1.22 bits per heavy atom. The van der Waals surface area contributed by atoms with Crippen molar-refractivity contribution in [2.24, 2.45) is 16.6 Å². The lowest BCUT2D eigenvalue weighted by Crippen LogP contribution is -2.37. The third-order valence-corrected chi connectivity index (χ3v) is 6.14. The number of aromatic nitrogens is 1. The minimum atomic E-state index is -0.566. The first-order valence-electron chi connectivity index (χ1n) is 8.77. The molecule has 0 saturated heterocycles. The molecule has 4 nitrogen and oxygen atoms in total. The number of nitrogens with zero attached hydrogens (tertiary/aromatic N) is 3. The molecule has 0 amide bonds. The topological polar surface area (TPSA) is 75.1 Å². The highest BCUT2D eigenvalue weighted by Crippen LogP contribution is 2.51. The van der Waals surface area contributed by atoms with Crippen molar-refractivity contribution in [2.45, 2.75) is 24.8 Å². The van der Waals surface area contributed by atoms with Crippen LogP contribution < -0.4 is 5.73 Å². The van der Waals surface area contributed by atoms with Crippen molar-refractivity contribution in [3.05, 3.63) is 64.7 Å². The molecular formula is C21H17FN4S. The smallest absolute Gasteiger partial charge is 0.154 e.